The lowest BCUT2D eigenvalue weighted by Gasteiger charge is -2.31. The average Bonchev–Trinajstić information content (AvgIpc) is 2.82. The van der Waals surface area contributed by atoms with E-state index in [1.54, 1.807) is 0 Å². The first-order chi connectivity index (χ1) is 7.31. The van der Waals surface area contributed by atoms with Crippen molar-refractivity contribution in [3.05, 3.63) is 24.0 Å². The second-order valence-corrected chi connectivity index (χ2v) is 4.57. The van der Waals surface area contributed by atoms with Gasteiger partial charge in [0.25, 0.3) is 0 Å². The van der Waals surface area contributed by atoms with E-state index in [-0.39, 0.29) is 6.04 Å². The third kappa shape index (κ3) is 2.41. The SMILES string of the molecule is CNC1CCC(C(N)c2cc[nH]c2)CC1. The van der Waals surface area contributed by atoms with Gasteiger partial charge in [0.2, 0.25) is 0 Å². The Hall–Kier alpha value is -0.800. The van der Waals surface area contributed by atoms with Crippen molar-refractivity contribution >= 4 is 0 Å². The lowest BCUT2D eigenvalue weighted by molar-refractivity contribution is 0.267. The van der Waals surface area contributed by atoms with Crippen LogP contribution in [-0.2, 0) is 0 Å². The zero-order valence-electron chi connectivity index (χ0n) is 9.37. The molecule has 1 unspecified atom stereocenters. The molecule has 3 heteroatoms. The van der Waals surface area contributed by atoms with Crippen molar-refractivity contribution in [3.8, 4) is 0 Å². The van der Waals surface area contributed by atoms with Gasteiger partial charge in [-0.2, -0.15) is 0 Å². The van der Waals surface area contributed by atoms with Gasteiger partial charge in [0.05, 0.1) is 0 Å². The van der Waals surface area contributed by atoms with Crippen LogP contribution in [0, 0.1) is 5.92 Å². The summed E-state index contributed by atoms with van der Waals surface area (Å²) in [7, 11) is 2.05. The van der Waals surface area contributed by atoms with Crippen molar-refractivity contribution in [1.29, 1.82) is 0 Å². The lowest BCUT2D eigenvalue weighted by atomic mass is 9.80. The number of aromatic amines is 1. The van der Waals surface area contributed by atoms with Crippen LogP contribution in [0.15, 0.2) is 18.5 Å². The molecule has 0 bridgehead atoms. The quantitative estimate of drug-likeness (QED) is 0.708. The molecule has 1 fully saturated rings. The minimum absolute atomic E-state index is 0.217. The van der Waals surface area contributed by atoms with Crippen LogP contribution in [0.4, 0.5) is 0 Å². The molecule has 1 saturated carbocycles. The smallest absolute Gasteiger partial charge is 0.0338 e. The molecule has 3 nitrogen and oxygen atoms in total. The molecule has 0 aliphatic heterocycles. The number of rotatable bonds is 3. The zero-order valence-corrected chi connectivity index (χ0v) is 9.37. The first-order valence-corrected chi connectivity index (χ1v) is 5.87. The Morgan fingerprint density at radius 1 is 1.40 bits per heavy atom. The van der Waals surface area contributed by atoms with E-state index in [1.807, 2.05) is 12.4 Å². The van der Waals surface area contributed by atoms with Gasteiger partial charge in [-0.25, -0.2) is 0 Å². The maximum Gasteiger partial charge on any atom is 0.0338 e. The van der Waals surface area contributed by atoms with Crippen LogP contribution in [0.1, 0.15) is 37.3 Å². The molecule has 84 valence electrons. The Morgan fingerprint density at radius 2 is 2.13 bits per heavy atom. The molecule has 1 aliphatic carbocycles. The molecular weight excluding hydrogens is 186 g/mol. The van der Waals surface area contributed by atoms with Gasteiger partial charge in [0.15, 0.2) is 0 Å². The van der Waals surface area contributed by atoms with Crippen LogP contribution in [0.5, 0.6) is 0 Å². The van der Waals surface area contributed by atoms with Crippen LogP contribution in [0.3, 0.4) is 0 Å². The van der Waals surface area contributed by atoms with Gasteiger partial charge < -0.3 is 16.0 Å². The molecule has 4 N–H and O–H groups in total. The summed E-state index contributed by atoms with van der Waals surface area (Å²) < 4.78 is 0. The maximum absolute atomic E-state index is 6.26. The third-order valence-electron chi connectivity index (χ3n) is 3.69. The topological polar surface area (TPSA) is 53.8 Å². The van der Waals surface area contributed by atoms with Gasteiger partial charge in [-0.1, -0.05) is 0 Å². The lowest BCUT2D eigenvalue weighted by Crippen LogP contribution is -2.33. The maximum atomic E-state index is 6.26. The summed E-state index contributed by atoms with van der Waals surface area (Å²) in [5.74, 6) is 0.658. The summed E-state index contributed by atoms with van der Waals surface area (Å²) in [6.45, 7) is 0. The largest absolute Gasteiger partial charge is 0.367 e. The second-order valence-electron chi connectivity index (χ2n) is 4.57. The predicted octanol–water partition coefficient (Wildman–Crippen LogP) is 1.79. The van der Waals surface area contributed by atoms with Crippen molar-refractivity contribution in [1.82, 2.24) is 10.3 Å². The highest BCUT2D eigenvalue weighted by Crippen LogP contribution is 2.32. The van der Waals surface area contributed by atoms with E-state index in [0.29, 0.717) is 12.0 Å². The van der Waals surface area contributed by atoms with Crippen LogP contribution >= 0.6 is 0 Å². The molecule has 0 spiro atoms. The normalized spacial score (nSPS) is 28.9. The van der Waals surface area contributed by atoms with Crippen LogP contribution < -0.4 is 11.1 Å². The summed E-state index contributed by atoms with van der Waals surface area (Å²) >= 11 is 0. The molecule has 0 amide bonds. The molecule has 1 atom stereocenters. The third-order valence-corrected chi connectivity index (χ3v) is 3.69. The summed E-state index contributed by atoms with van der Waals surface area (Å²) in [5.41, 5.74) is 7.51. The Bertz CT molecular complexity index is 273. The highest BCUT2D eigenvalue weighted by Gasteiger charge is 2.25. The summed E-state index contributed by atoms with van der Waals surface area (Å²) in [4.78, 5) is 3.08. The Balaban J connectivity index is 1.90. The number of aromatic nitrogens is 1. The molecule has 0 aromatic carbocycles. The zero-order chi connectivity index (χ0) is 10.7. The fraction of sp³-hybridized carbons (Fsp3) is 0.667. The average molecular weight is 207 g/mol. The Morgan fingerprint density at radius 3 is 2.67 bits per heavy atom. The predicted molar refractivity (Wildman–Crippen MR) is 62.5 cm³/mol. The van der Waals surface area contributed by atoms with Gasteiger partial charge in [-0.3, -0.25) is 0 Å². The van der Waals surface area contributed by atoms with Crippen molar-refractivity contribution < 1.29 is 0 Å². The number of hydrogen-bond donors (Lipinski definition) is 3. The fourth-order valence-corrected chi connectivity index (χ4v) is 2.58. The van der Waals surface area contributed by atoms with Gasteiger partial charge in [0.1, 0.15) is 0 Å². The second kappa shape index (κ2) is 4.81. The fourth-order valence-electron chi connectivity index (χ4n) is 2.58. The van der Waals surface area contributed by atoms with E-state index >= 15 is 0 Å². The van der Waals surface area contributed by atoms with Crippen molar-refractivity contribution in [2.24, 2.45) is 11.7 Å². The molecule has 1 aromatic heterocycles. The van der Waals surface area contributed by atoms with Gasteiger partial charge in [-0.15, -0.1) is 0 Å². The van der Waals surface area contributed by atoms with Gasteiger partial charge >= 0.3 is 0 Å². The van der Waals surface area contributed by atoms with Crippen molar-refractivity contribution in [2.45, 2.75) is 37.8 Å². The summed E-state index contributed by atoms with van der Waals surface area (Å²) in [6, 6.07) is 3.02. The van der Waals surface area contributed by atoms with Crippen LogP contribution in [0.25, 0.3) is 0 Å². The molecule has 15 heavy (non-hydrogen) atoms. The molecule has 1 aromatic rings. The molecular formula is C12H21N3. The van der Waals surface area contributed by atoms with E-state index in [2.05, 4.69) is 23.4 Å². The molecule has 0 saturated heterocycles. The van der Waals surface area contributed by atoms with E-state index in [1.165, 1.54) is 31.2 Å². The molecule has 0 radical (unpaired) electrons. The number of H-pyrrole nitrogens is 1. The van der Waals surface area contributed by atoms with Crippen molar-refractivity contribution in [2.75, 3.05) is 7.05 Å². The van der Waals surface area contributed by atoms with Crippen LogP contribution in [-0.4, -0.2) is 18.1 Å². The Kier molecular flexibility index (Phi) is 3.44. The van der Waals surface area contributed by atoms with Gasteiger partial charge in [-0.05, 0) is 50.3 Å². The number of hydrogen-bond acceptors (Lipinski definition) is 2. The van der Waals surface area contributed by atoms with Crippen molar-refractivity contribution in [3.63, 3.8) is 0 Å². The summed E-state index contributed by atoms with van der Waals surface area (Å²) in [5, 5.41) is 3.35. The number of nitrogens with two attached hydrogens (primary N) is 1. The highest BCUT2D eigenvalue weighted by atomic mass is 14.9. The van der Waals surface area contributed by atoms with Crippen LogP contribution in [0.2, 0.25) is 0 Å². The number of nitrogens with one attached hydrogen (secondary N) is 2. The molecule has 1 heterocycles. The minimum atomic E-state index is 0.217. The summed E-state index contributed by atoms with van der Waals surface area (Å²) in [6.07, 6.45) is 9.00. The molecule has 1 aliphatic rings. The van der Waals surface area contributed by atoms with E-state index in [4.69, 9.17) is 5.73 Å². The minimum Gasteiger partial charge on any atom is -0.367 e. The standard InChI is InChI=1S/C12H21N3/c1-14-11-4-2-9(3-5-11)12(13)10-6-7-15-8-10/h6-9,11-12,14-15H,2-5,13H2,1H3. The molecule has 2 rings (SSSR count). The first kappa shape index (κ1) is 10.7. The van der Waals surface area contributed by atoms with E-state index in [9.17, 15) is 0 Å². The van der Waals surface area contributed by atoms with E-state index < -0.39 is 0 Å². The highest BCUT2D eigenvalue weighted by molar-refractivity contribution is 5.14. The Labute approximate surface area is 91.4 Å². The monoisotopic (exact) mass is 207 g/mol. The first-order valence-electron chi connectivity index (χ1n) is 5.87. The van der Waals surface area contributed by atoms with Gasteiger partial charge in [0, 0.05) is 24.5 Å². The van der Waals surface area contributed by atoms with E-state index in [0.717, 1.165) is 0 Å².